The Bertz CT molecular complexity index is 999. The van der Waals surface area contributed by atoms with Gasteiger partial charge in [-0.05, 0) is 78.5 Å². The van der Waals surface area contributed by atoms with Crippen LogP contribution in [0.25, 0.3) is 0 Å². The lowest BCUT2D eigenvalue weighted by Gasteiger charge is -2.34. The highest BCUT2D eigenvalue weighted by Crippen LogP contribution is 2.27. The van der Waals surface area contributed by atoms with Crippen molar-refractivity contribution in [3.63, 3.8) is 0 Å². The van der Waals surface area contributed by atoms with Crippen molar-refractivity contribution in [2.45, 2.75) is 38.4 Å². The molecule has 2 aromatic carbocycles. The van der Waals surface area contributed by atoms with Crippen molar-refractivity contribution < 1.29 is 9.53 Å². The Kier molecular flexibility index (Phi) is 7.58. The number of likely N-dealkylation sites (tertiary alicyclic amines) is 1. The van der Waals surface area contributed by atoms with Crippen LogP contribution in [0.1, 0.15) is 35.6 Å². The van der Waals surface area contributed by atoms with Gasteiger partial charge in [-0.3, -0.25) is 15.0 Å². The Morgan fingerprint density at radius 1 is 1.16 bits per heavy atom. The van der Waals surface area contributed by atoms with Crippen molar-refractivity contribution in [3.8, 4) is 5.75 Å². The molecule has 0 spiro atoms. The van der Waals surface area contributed by atoms with Gasteiger partial charge in [0, 0.05) is 12.6 Å². The quantitative estimate of drug-likeness (QED) is 0.508. The molecule has 1 fully saturated rings. The van der Waals surface area contributed by atoms with Crippen LogP contribution in [0.2, 0.25) is 0 Å². The lowest BCUT2D eigenvalue weighted by molar-refractivity contribution is -0.118. The molecule has 0 radical (unpaired) electrons. The Morgan fingerprint density at radius 2 is 1.94 bits per heavy atom. The summed E-state index contributed by atoms with van der Waals surface area (Å²) in [7, 11) is 1.62. The standard InChI is InChI=1S/C26H31N3O2S/c1-19-8-9-24(31-2)23(16-19)28-26(30)25(21-6-4-3-5-7-21)27-22-10-13-29(14-11-22)17-20-12-15-32-18-20/h3-9,12,15-16,18,22,25,27H,10-11,13-14,17H2,1-2H3,(H,28,30). The predicted molar refractivity (Wildman–Crippen MR) is 131 cm³/mol. The number of rotatable bonds is 8. The largest absolute Gasteiger partial charge is 0.495 e. The molecule has 1 aromatic heterocycles. The van der Waals surface area contributed by atoms with Gasteiger partial charge < -0.3 is 10.1 Å². The van der Waals surface area contributed by atoms with Crippen molar-refractivity contribution in [1.29, 1.82) is 0 Å². The Labute approximate surface area is 194 Å². The monoisotopic (exact) mass is 449 g/mol. The molecule has 6 heteroatoms. The molecule has 2 heterocycles. The maximum absolute atomic E-state index is 13.4. The topological polar surface area (TPSA) is 53.6 Å². The van der Waals surface area contributed by atoms with Crippen molar-refractivity contribution >= 4 is 22.9 Å². The van der Waals surface area contributed by atoms with E-state index in [0.717, 1.165) is 43.6 Å². The summed E-state index contributed by atoms with van der Waals surface area (Å²) in [5, 5.41) is 11.1. The van der Waals surface area contributed by atoms with Crippen LogP contribution < -0.4 is 15.4 Å². The molecule has 0 bridgehead atoms. The van der Waals surface area contributed by atoms with Gasteiger partial charge in [-0.15, -0.1) is 0 Å². The third-order valence-electron chi connectivity index (χ3n) is 5.98. The lowest BCUT2D eigenvalue weighted by atomic mass is 9.99. The van der Waals surface area contributed by atoms with Gasteiger partial charge >= 0.3 is 0 Å². The Hall–Kier alpha value is -2.67. The van der Waals surface area contributed by atoms with Crippen molar-refractivity contribution in [2.75, 3.05) is 25.5 Å². The molecule has 3 aromatic rings. The van der Waals surface area contributed by atoms with Gasteiger partial charge in [0.2, 0.25) is 5.91 Å². The maximum Gasteiger partial charge on any atom is 0.246 e. The molecule has 4 rings (SSSR count). The average molecular weight is 450 g/mol. The van der Waals surface area contributed by atoms with E-state index in [1.165, 1.54) is 5.56 Å². The zero-order chi connectivity index (χ0) is 22.3. The highest BCUT2D eigenvalue weighted by Gasteiger charge is 2.27. The van der Waals surface area contributed by atoms with Gasteiger partial charge in [0.05, 0.1) is 12.8 Å². The second-order valence-corrected chi connectivity index (χ2v) is 9.17. The summed E-state index contributed by atoms with van der Waals surface area (Å²) in [6, 6.07) is 17.8. The molecular weight excluding hydrogens is 418 g/mol. The summed E-state index contributed by atoms with van der Waals surface area (Å²) < 4.78 is 5.45. The van der Waals surface area contributed by atoms with E-state index in [9.17, 15) is 4.79 Å². The number of carbonyl (C=O) groups is 1. The van der Waals surface area contributed by atoms with E-state index >= 15 is 0 Å². The third-order valence-corrected chi connectivity index (χ3v) is 6.72. The lowest BCUT2D eigenvalue weighted by Crippen LogP contribution is -2.46. The van der Waals surface area contributed by atoms with Crippen LogP contribution in [0, 0.1) is 6.92 Å². The molecule has 168 valence electrons. The Morgan fingerprint density at radius 3 is 2.62 bits per heavy atom. The number of carbonyl (C=O) groups excluding carboxylic acids is 1. The van der Waals surface area contributed by atoms with Crippen LogP contribution in [0.3, 0.4) is 0 Å². The molecule has 32 heavy (non-hydrogen) atoms. The van der Waals surface area contributed by atoms with E-state index in [1.54, 1.807) is 18.4 Å². The fourth-order valence-corrected chi connectivity index (χ4v) is 4.89. The molecule has 0 aliphatic carbocycles. The van der Waals surface area contributed by atoms with Gasteiger partial charge in [0.15, 0.2) is 0 Å². The molecule has 1 saturated heterocycles. The minimum atomic E-state index is -0.421. The van der Waals surface area contributed by atoms with Crippen LogP contribution in [0.4, 0.5) is 5.69 Å². The van der Waals surface area contributed by atoms with E-state index in [0.29, 0.717) is 17.5 Å². The van der Waals surface area contributed by atoms with Crippen molar-refractivity contribution in [2.24, 2.45) is 0 Å². The molecule has 1 aliphatic heterocycles. The van der Waals surface area contributed by atoms with Crippen LogP contribution in [-0.2, 0) is 11.3 Å². The summed E-state index contributed by atoms with van der Waals surface area (Å²) in [4.78, 5) is 15.9. The van der Waals surface area contributed by atoms with E-state index in [4.69, 9.17) is 4.74 Å². The molecule has 2 N–H and O–H groups in total. The third kappa shape index (κ3) is 5.76. The zero-order valence-electron chi connectivity index (χ0n) is 18.7. The normalized spacial score (nSPS) is 15.9. The first-order chi connectivity index (χ1) is 15.6. The molecular formula is C26H31N3O2S. The first-order valence-corrected chi connectivity index (χ1v) is 12.1. The molecule has 1 unspecified atom stereocenters. The number of methoxy groups -OCH3 is 1. The minimum absolute atomic E-state index is 0.0687. The van der Waals surface area contributed by atoms with Gasteiger partial charge in [-0.1, -0.05) is 36.4 Å². The summed E-state index contributed by atoms with van der Waals surface area (Å²) in [6.07, 6.45) is 2.04. The summed E-state index contributed by atoms with van der Waals surface area (Å²) in [5.41, 5.74) is 4.13. The SMILES string of the molecule is COc1ccc(C)cc1NC(=O)C(NC1CCN(Cc2ccsc2)CC1)c1ccccc1. The number of hydrogen-bond donors (Lipinski definition) is 2. The van der Waals surface area contributed by atoms with Gasteiger partial charge in [0.1, 0.15) is 11.8 Å². The number of thiophene rings is 1. The summed E-state index contributed by atoms with van der Waals surface area (Å²) >= 11 is 1.75. The highest BCUT2D eigenvalue weighted by molar-refractivity contribution is 7.07. The number of hydrogen-bond acceptors (Lipinski definition) is 5. The predicted octanol–water partition coefficient (Wildman–Crippen LogP) is 5.00. The number of aryl methyl sites for hydroxylation is 1. The molecule has 1 aliphatic rings. The minimum Gasteiger partial charge on any atom is -0.495 e. The second-order valence-electron chi connectivity index (χ2n) is 8.39. The van der Waals surface area contributed by atoms with Gasteiger partial charge in [0.25, 0.3) is 0 Å². The molecule has 1 amide bonds. The molecule has 5 nitrogen and oxygen atoms in total. The van der Waals surface area contributed by atoms with Gasteiger partial charge in [-0.25, -0.2) is 0 Å². The Balaban J connectivity index is 1.44. The number of nitrogens with zero attached hydrogens (tertiary/aromatic N) is 1. The van der Waals surface area contributed by atoms with Crippen LogP contribution in [0.15, 0.2) is 65.4 Å². The van der Waals surface area contributed by atoms with E-state index in [1.807, 2.05) is 55.5 Å². The smallest absolute Gasteiger partial charge is 0.246 e. The number of nitrogens with one attached hydrogen (secondary N) is 2. The first-order valence-electron chi connectivity index (χ1n) is 11.1. The van der Waals surface area contributed by atoms with Crippen LogP contribution in [0.5, 0.6) is 5.75 Å². The zero-order valence-corrected chi connectivity index (χ0v) is 19.5. The van der Waals surface area contributed by atoms with E-state index in [2.05, 4.69) is 32.4 Å². The highest BCUT2D eigenvalue weighted by atomic mass is 32.1. The average Bonchev–Trinajstić information content (AvgIpc) is 3.32. The van der Waals surface area contributed by atoms with E-state index in [-0.39, 0.29) is 5.91 Å². The van der Waals surface area contributed by atoms with Gasteiger partial charge in [-0.2, -0.15) is 11.3 Å². The maximum atomic E-state index is 13.4. The number of benzene rings is 2. The first kappa shape index (κ1) is 22.5. The van der Waals surface area contributed by atoms with Crippen LogP contribution in [-0.4, -0.2) is 37.0 Å². The number of amides is 1. The summed E-state index contributed by atoms with van der Waals surface area (Å²) in [5.74, 6) is 0.596. The number of ether oxygens (including phenoxy) is 1. The number of piperidine rings is 1. The second kappa shape index (κ2) is 10.8. The molecule has 0 saturated carbocycles. The summed E-state index contributed by atoms with van der Waals surface area (Å²) in [6.45, 7) is 5.07. The fourth-order valence-electron chi connectivity index (χ4n) is 4.23. The molecule has 1 atom stereocenters. The number of anilines is 1. The van der Waals surface area contributed by atoms with Crippen molar-refractivity contribution in [1.82, 2.24) is 10.2 Å². The fraction of sp³-hybridized carbons (Fsp3) is 0.346. The van der Waals surface area contributed by atoms with E-state index < -0.39 is 6.04 Å². The van der Waals surface area contributed by atoms with Crippen molar-refractivity contribution in [3.05, 3.63) is 82.0 Å². The van der Waals surface area contributed by atoms with Crippen LogP contribution >= 0.6 is 11.3 Å².